The predicted molar refractivity (Wildman–Crippen MR) is 105 cm³/mol. The first kappa shape index (κ1) is 16.6. The highest BCUT2D eigenvalue weighted by atomic mass is 16.5. The van der Waals surface area contributed by atoms with Crippen molar-refractivity contribution in [1.82, 2.24) is 4.98 Å². The van der Waals surface area contributed by atoms with E-state index in [0.717, 1.165) is 23.3 Å². The Kier molecular flexibility index (Phi) is 4.15. The molecule has 0 spiro atoms. The largest absolute Gasteiger partial charge is 0.496 e. The molecule has 26 heavy (non-hydrogen) atoms. The van der Waals surface area contributed by atoms with Crippen LogP contribution in [0.5, 0.6) is 5.75 Å². The molecule has 2 atom stereocenters. The Balaban J connectivity index is 1.75. The number of aromatic amines is 1. The fourth-order valence-electron chi connectivity index (χ4n) is 3.88. The van der Waals surface area contributed by atoms with E-state index in [4.69, 9.17) is 4.74 Å². The topological polar surface area (TPSA) is 42.1 Å². The quantitative estimate of drug-likeness (QED) is 0.728. The van der Waals surface area contributed by atoms with Gasteiger partial charge >= 0.3 is 0 Å². The molecule has 1 N–H and O–H groups in total. The lowest BCUT2D eigenvalue weighted by Crippen LogP contribution is -2.07. The Bertz CT molecular complexity index is 1000. The molecule has 1 heterocycles. The lowest BCUT2D eigenvalue weighted by molar-refractivity contribution is 0.406. The summed E-state index contributed by atoms with van der Waals surface area (Å²) in [6, 6.07) is 16.7. The third-order valence-corrected chi connectivity index (χ3v) is 5.33. The zero-order valence-corrected chi connectivity index (χ0v) is 15.4. The predicted octanol–water partition coefficient (Wildman–Crippen LogP) is 4.94. The number of hydrogen-bond acceptors (Lipinski definition) is 2. The molecule has 0 radical (unpaired) electrons. The normalized spacial score (nSPS) is 18.6. The van der Waals surface area contributed by atoms with Crippen LogP contribution in [0.3, 0.4) is 0 Å². The molecule has 1 saturated carbocycles. The minimum Gasteiger partial charge on any atom is -0.496 e. The van der Waals surface area contributed by atoms with Crippen molar-refractivity contribution in [2.75, 3.05) is 7.11 Å². The van der Waals surface area contributed by atoms with E-state index in [9.17, 15) is 4.79 Å². The SMILES string of the molecule is COc1c(C)cc(-c2ccc[nH]c2=O)cc1C1CC1c1ccc(C)cc1. The number of aryl methyl sites for hydroxylation is 2. The summed E-state index contributed by atoms with van der Waals surface area (Å²) in [5.41, 5.74) is 6.53. The van der Waals surface area contributed by atoms with E-state index in [0.29, 0.717) is 17.4 Å². The van der Waals surface area contributed by atoms with Crippen LogP contribution in [0.2, 0.25) is 0 Å². The van der Waals surface area contributed by atoms with Gasteiger partial charge in [0, 0.05) is 11.8 Å². The molecule has 1 fully saturated rings. The minimum absolute atomic E-state index is 0.0612. The number of nitrogens with one attached hydrogen (secondary N) is 1. The fraction of sp³-hybridized carbons (Fsp3) is 0.261. The zero-order chi connectivity index (χ0) is 18.3. The number of aromatic nitrogens is 1. The molecule has 0 bridgehead atoms. The van der Waals surface area contributed by atoms with Crippen molar-refractivity contribution < 1.29 is 4.74 Å². The summed E-state index contributed by atoms with van der Waals surface area (Å²) < 4.78 is 5.72. The summed E-state index contributed by atoms with van der Waals surface area (Å²) in [4.78, 5) is 15.0. The van der Waals surface area contributed by atoms with Crippen molar-refractivity contribution in [2.45, 2.75) is 32.1 Å². The summed E-state index contributed by atoms with van der Waals surface area (Å²) in [7, 11) is 1.73. The highest BCUT2D eigenvalue weighted by Gasteiger charge is 2.41. The van der Waals surface area contributed by atoms with Crippen LogP contribution in [-0.4, -0.2) is 12.1 Å². The lowest BCUT2D eigenvalue weighted by Gasteiger charge is -2.14. The molecule has 4 rings (SSSR count). The van der Waals surface area contributed by atoms with Crippen LogP contribution in [0.4, 0.5) is 0 Å². The van der Waals surface area contributed by atoms with E-state index in [1.165, 1.54) is 16.7 Å². The van der Waals surface area contributed by atoms with Crippen LogP contribution < -0.4 is 10.3 Å². The molecule has 0 amide bonds. The van der Waals surface area contributed by atoms with Gasteiger partial charge in [-0.15, -0.1) is 0 Å². The average Bonchev–Trinajstić information content (AvgIpc) is 3.42. The second-order valence-corrected chi connectivity index (χ2v) is 7.19. The van der Waals surface area contributed by atoms with E-state index < -0.39 is 0 Å². The van der Waals surface area contributed by atoms with Crippen LogP contribution >= 0.6 is 0 Å². The molecule has 1 aliphatic rings. The van der Waals surface area contributed by atoms with Crippen molar-refractivity contribution in [1.29, 1.82) is 0 Å². The van der Waals surface area contributed by atoms with Crippen molar-refractivity contribution >= 4 is 0 Å². The molecule has 2 aromatic carbocycles. The van der Waals surface area contributed by atoms with E-state index in [1.807, 2.05) is 25.1 Å². The van der Waals surface area contributed by atoms with Gasteiger partial charge in [-0.3, -0.25) is 4.79 Å². The van der Waals surface area contributed by atoms with Crippen molar-refractivity contribution in [3.63, 3.8) is 0 Å². The van der Waals surface area contributed by atoms with Crippen LogP contribution in [0, 0.1) is 13.8 Å². The maximum atomic E-state index is 12.2. The number of rotatable bonds is 4. The van der Waals surface area contributed by atoms with Gasteiger partial charge in [-0.25, -0.2) is 0 Å². The molecule has 3 nitrogen and oxygen atoms in total. The summed E-state index contributed by atoms with van der Waals surface area (Å²) in [5, 5.41) is 0. The molecular weight excluding hydrogens is 322 g/mol. The fourth-order valence-corrected chi connectivity index (χ4v) is 3.88. The van der Waals surface area contributed by atoms with E-state index in [-0.39, 0.29) is 5.56 Å². The average molecular weight is 345 g/mol. The maximum Gasteiger partial charge on any atom is 0.255 e. The number of benzene rings is 2. The van der Waals surface area contributed by atoms with Crippen LogP contribution in [0.25, 0.3) is 11.1 Å². The van der Waals surface area contributed by atoms with Gasteiger partial charge in [0.2, 0.25) is 0 Å². The smallest absolute Gasteiger partial charge is 0.255 e. The summed E-state index contributed by atoms with van der Waals surface area (Å²) >= 11 is 0. The minimum atomic E-state index is -0.0612. The second-order valence-electron chi connectivity index (χ2n) is 7.19. The number of hydrogen-bond donors (Lipinski definition) is 1. The maximum absolute atomic E-state index is 12.2. The Labute approximate surface area is 153 Å². The monoisotopic (exact) mass is 345 g/mol. The molecule has 132 valence electrons. The van der Waals surface area contributed by atoms with Crippen molar-refractivity contribution in [3.8, 4) is 16.9 Å². The van der Waals surface area contributed by atoms with Crippen LogP contribution in [0.1, 0.15) is 40.5 Å². The molecule has 0 saturated heterocycles. The van der Waals surface area contributed by atoms with Gasteiger partial charge in [0.25, 0.3) is 5.56 Å². The van der Waals surface area contributed by atoms with Gasteiger partial charge in [-0.2, -0.15) is 0 Å². The van der Waals surface area contributed by atoms with Crippen molar-refractivity contribution in [3.05, 3.63) is 87.3 Å². The van der Waals surface area contributed by atoms with Gasteiger partial charge in [0.1, 0.15) is 5.75 Å². The van der Waals surface area contributed by atoms with Crippen LogP contribution in [0.15, 0.2) is 59.5 Å². The first-order chi connectivity index (χ1) is 12.6. The van der Waals surface area contributed by atoms with Gasteiger partial charge in [-0.1, -0.05) is 29.8 Å². The summed E-state index contributed by atoms with van der Waals surface area (Å²) in [6.45, 7) is 4.16. The molecule has 2 unspecified atom stereocenters. The number of pyridine rings is 1. The molecule has 3 heteroatoms. The first-order valence-electron chi connectivity index (χ1n) is 9.01. The molecule has 1 aliphatic carbocycles. The zero-order valence-electron chi connectivity index (χ0n) is 15.4. The lowest BCUT2D eigenvalue weighted by atomic mass is 9.95. The number of methoxy groups -OCH3 is 1. The Morgan fingerprint density at radius 2 is 1.81 bits per heavy atom. The number of H-pyrrole nitrogens is 1. The Morgan fingerprint density at radius 1 is 1.04 bits per heavy atom. The Morgan fingerprint density at radius 3 is 2.50 bits per heavy atom. The van der Waals surface area contributed by atoms with E-state index in [1.54, 1.807) is 13.3 Å². The third-order valence-electron chi connectivity index (χ3n) is 5.33. The second kappa shape index (κ2) is 6.49. The van der Waals surface area contributed by atoms with Gasteiger partial charge in [-0.05, 0) is 78.6 Å². The summed E-state index contributed by atoms with van der Waals surface area (Å²) in [5.74, 6) is 1.91. The highest BCUT2D eigenvalue weighted by molar-refractivity contribution is 5.68. The van der Waals surface area contributed by atoms with E-state index >= 15 is 0 Å². The van der Waals surface area contributed by atoms with Gasteiger partial charge in [0.15, 0.2) is 0 Å². The first-order valence-corrected chi connectivity index (χ1v) is 9.01. The van der Waals surface area contributed by atoms with E-state index in [2.05, 4.69) is 42.2 Å². The third kappa shape index (κ3) is 2.94. The molecule has 3 aromatic rings. The van der Waals surface area contributed by atoms with Crippen LogP contribution in [-0.2, 0) is 0 Å². The highest BCUT2D eigenvalue weighted by Crippen LogP contribution is 2.57. The number of ether oxygens (including phenoxy) is 1. The Hall–Kier alpha value is -2.81. The summed E-state index contributed by atoms with van der Waals surface area (Å²) in [6.07, 6.45) is 2.78. The van der Waals surface area contributed by atoms with Gasteiger partial charge < -0.3 is 9.72 Å². The van der Waals surface area contributed by atoms with Gasteiger partial charge in [0.05, 0.1) is 7.11 Å². The standard InChI is InChI=1S/C23H23NO2/c1-14-6-8-16(9-7-14)19-13-20(19)21-12-17(11-15(2)22(21)26-3)18-5-4-10-24-23(18)25/h4-12,19-20H,13H2,1-3H3,(H,24,25). The molecular formula is C23H23NO2. The molecule has 1 aromatic heterocycles. The van der Waals surface area contributed by atoms with Crippen molar-refractivity contribution in [2.24, 2.45) is 0 Å². The molecule has 0 aliphatic heterocycles.